The third-order valence-corrected chi connectivity index (χ3v) is 8.94. The van der Waals surface area contributed by atoms with E-state index < -0.39 is 25.7 Å². The second kappa shape index (κ2) is 7.38. The van der Waals surface area contributed by atoms with E-state index in [0.717, 1.165) is 32.2 Å². The van der Waals surface area contributed by atoms with Gasteiger partial charge in [0.05, 0.1) is 20.4 Å². The van der Waals surface area contributed by atoms with E-state index in [1.807, 2.05) is 0 Å². The van der Waals surface area contributed by atoms with Crippen LogP contribution < -0.4 is 10.0 Å². The first kappa shape index (κ1) is 19.5. The number of amides is 1. The average molecular weight is 400 g/mol. The van der Waals surface area contributed by atoms with Crippen LogP contribution in [0.5, 0.6) is 0 Å². The Morgan fingerprint density at radius 3 is 2.58 bits per heavy atom. The van der Waals surface area contributed by atoms with E-state index in [1.54, 1.807) is 6.92 Å². The first-order chi connectivity index (χ1) is 12.3. The average Bonchev–Trinajstić information content (AvgIpc) is 3.01. The van der Waals surface area contributed by atoms with E-state index in [9.17, 15) is 17.4 Å². The van der Waals surface area contributed by atoms with Crippen molar-refractivity contribution in [3.8, 4) is 0 Å². The van der Waals surface area contributed by atoms with Crippen LogP contribution in [-0.2, 0) is 19.8 Å². The summed E-state index contributed by atoms with van der Waals surface area (Å²) in [5.74, 6) is 0.311. The molecule has 2 fully saturated rings. The molecule has 2 unspecified atom stereocenters. The molecule has 7 nitrogen and oxygen atoms in total. The highest BCUT2D eigenvalue weighted by atomic mass is 32.2. The highest BCUT2D eigenvalue weighted by molar-refractivity contribution is 7.94. The van der Waals surface area contributed by atoms with Gasteiger partial charge in [-0.15, -0.1) is 0 Å². The molecule has 2 aliphatic rings. The summed E-state index contributed by atoms with van der Waals surface area (Å²) < 4.78 is 43.5. The molecule has 3 rings (SSSR count). The normalized spacial score (nSPS) is 29.0. The number of rotatable bonds is 4. The van der Waals surface area contributed by atoms with Gasteiger partial charge in [-0.05, 0) is 56.5 Å². The molecule has 1 aromatic rings. The highest BCUT2D eigenvalue weighted by Crippen LogP contribution is 2.32. The Balaban J connectivity index is 1.81. The molecule has 26 heavy (non-hydrogen) atoms. The molecule has 2 atom stereocenters. The molecular weight excluding hydrogens is 374 g/mol. The van der Waals surface area contributed by atoms with Gasteiger partial charge in [0.2, 0.25) is 10.0 Å². The largest absolute Gasteiger partial charge is 0.310 e. The number of carbonyl (C=O) groups excluding carboxylic acids is 1. The van der Waals surface area contributed by atoms with Crippen LogP contribution >= 0.6 is 0 Å². The summed E-state index contributed by atoms with van der Waals surface area (Å²) in [4.78, 5) is 12.6. The molecule has 2 saturated heterocycles. The first-order valence-corrected chi connectivity index (χ1v) is 12.2. The lowest BCUT2D eigenvalue weighted by Crippen LogP contribution is -2.49. The summed E-state index contributed by atoms with van der Waals surface area (Å²) in [7, 11) is -6.16. The number of hydrogen-bond acceptors (Lipinski definition) is 5. The predicted molar refractivity (Wildman–Crippen MR) is 101 cm³/mol. The Hall–Kier alpha value is -1.29. The van der Waals surface area contributed by atoms with Crippen LogP contribution in [0.3, 0.4) is 0 Å². The molecule has 0 aliphatic carbocycles. The van der Waals surface area contributed by atoms with Crippen molar-refractivity contribution in [2.24, 2.45) is 4.36 Å². The third-order valence-electron chi connectivity index (χ3n) is 4.95. The molecule has 0 aromatic heterocycles. The Bertz CT molecular complexity index is 894. The summed E-state index contributed by atoms with van der Waals surface area (Å²) in [6.45, 7) is 2.91. The van der Waals surface area contributed by atoms with Crippen molar-refractivity contribution in [1.29, 1.82) is 0 Å². The van der Waals surface area contributed by atoms with Crippen LogP contribution in [0, 0.1) is 0 Å². The van der Waals surface area contributed by atoms with Crippen molar-refractivity contribution >= 4 is 25.7 Å². The van der Waals surface area contributed by atoms with E-state index in [4.69, 9.17) is 0 Å². The van der Waals surface area contributed by atoms with Crippen LogP contribution in [-0.4, -0.2) is 48.7 Å². The zero-order chi connectivity index (χ0) is 18.8. The molecule has 2 N–H and O–H groups in total. The second-order valence-corrected chi connectivity index (χ2v) is 11.1. The molecule has 0 radical (unpaired) electrons. The molecule has 144 valence electrons. The van der Waals surface area contributed by atoms with Crippen molar-refractivity contribution in [3.63, 3.8) is 0 Å². The lowest BCUT2D eigenvalue weighted by Gasteiger charge is -2.35. The van der Waals surface area contributed by atoms with Crippen molar-refractivity contribution in [1.82, 2.24) is 10.0 Å². The number of carbonyl (C=O) groups is 1. The van der Waals surface area contributed by atoms with Gasteiger partial charge in [-0.25, -0.2) is 17.3 Å². The number of nitrogens with one attached hydrogen (secondary N) is 2. The van der Waals surface area contributed by atoms with E-state index in [1.165, 1.54) is 24.3 Å². The zero-order valence-corrected chi connectivity index (χ0v) is 16.5. The maximum Gasteiger partial charge on any atom is 0.285 e. The lowest BCUT2D eigenvalue weighted by molar-refractivity contribution is 0.100. The summed E-state index contributed by atoms with van der Waals surface area (Å²) in [5.41, 5.74) is 0.116. The van der Waals surface area contributed by atoms with E-state index in [2.05, 4.69) is 14.4 Å². The maximum absolute atomic E-state index is 13.1. The molecule has 2 heterocycles. The number of nitrogens with zero attached hydrogens (tertiary/aromatic N) is 1. The fourth-order valence-electron chi connectivity index (χ4n) is 3.75. The summed E-state index contributed by atoms with van der Waals surface area (Å²) in [5, 5.41) is 3.45. The Labute approximate surface area is 155 Å². The van der Waals surface area contributed by atoms with Crippen LogP contribution in [0.15, 0.2) is 33.5 Å². The minimum Gasteiger partial charge on any atom is -0.310 e. The molecule has 9 heteroatoms. The van der Waals surface area contributed by atoms with Gasteiger partial charge in [0, 0.05) is 23.4 Å². The summed E-state index contributed by atoms with van der Waals surface area (Å²) >= 11 is 0. The zero-order valence-electron chi connectivity index (χ0n) is 14.9. The molecule has 1 aromatic carbocycles. The van der Waals surface area contributed by atoms with Crippen molar-refractivity contribution < 1.29 is 17.4 Å². The molecule has 0 saturated carbocycles. The van der Waals surface area contributed by atoms with Crippen LogP contribution in [0.2, 0.25) is 0 Å². The number of sulfonamides is 1. The van der Waals surface area contributed by atoms with Gasteiger partial charge in [0.15, 0.2) is 0 Å². The first-order valence-electron chi connectivity index (χ1n) is 8.89. The Morgan fingerprint density at radius 1 is 1.27 bits per heavy atom. The second-order valence-electron chi connectivity index (χ2n) is 6.96. The van der Waals surface area contributed by atoms with Gasteiger partial charge >= 0.3 is 0 Å². The lowest BCUT2D eigenvalue weighted by atomic mass is 9.94. The molecule has 2 aliphatic heterocycles. The van der Waals surface area contributed by atoms with Crippen molar-refractivity contribution in [2.75, 3.05) is 24.6 Å². The van der Waals surface area contributed by atoms with Crippen LogP contribution in [0.25, 0.3) is 0 Å². The smallest absolute Gasteiger partial charge is 0.285 e. The van der Waals surface area contributed by atoms with Gasteiger partial charge in [-0.2, -0.15) is 4.36 Å². The summed E-state index contributed by atoms with van der Waals surface area (Å²) in [6.07, 6.45) is 3.81. The predicted octanol–water partition coefficient (Wildman–Crippen LogP) is 1.51. The minimum atomic E-state index is -3.56. The Morgan fingerprint density at radius 2 is 1.96 bits per heavy atom. The Kier molecular flexibility index (Phi) is 5.53. The van der Waals surface area contributed by atoms with Crippen LogP contribution in [0.4, 0.5) is 0 Å². The third kappa shape index (κ3) is 4.16. The summed E-state index contributed by atoms with van der Waals surface area (Å²) in [6, 6.07) is 5.58. The topological polar surface area (TPSA) is 105 Å². The van der Waals surface area contributed by atoms with Gasteiger partial charge in [-0.3, -0.25) is 4.79 Å². The van der Waals surface area contributed by atoms with Crippen molar-refractivity contribution in [2.45, 2.75) is 43.0 Å². The van der Waals surface area contributed by atoms with Crippen molar-refractivity contribution in [3.05, 3.63) is 29.8 Å². The van der Waals surface area contributed by atoms with E-state index >= 15 is 0 Å². The molecule has 0 bridgehead atoms. The SMILES string of the molecule is CCNS(=O)(=O)c1ccc(C(=O)N=S2(=O)CCCC3(CCCN3)C2)cc1. The van der Waals surface area contributed by atoms with E-state index in [-0.39, 0.29) is 22.5 Å². The van der Waals surface area contributed by atoms with Crippen LogP contribution in [0.1, 0.15) is 43.0 Å². The number of benzene rings is 1. The molecular formula is C17H25N3O4S2. The molecule has 1 spiro atoms. The quantitative estimate of drug-likeness (QED) is 0.798. The standard InChI is InChI=1S/C17H25N3O4S2/c1-2-19-26(23,24)15-7-5-14(6-8-15)16(21)20-25(22)12-4-10-17(13-25)9-3-11-18-17/h5-8,18-19H,2-4,9-13H2,1H3. The monoisotopic (exact) mass is 399 g/mol. The van der Waals surface area contributed by atoms with Gasteiger partial charge in [0.25, 0.3) is 5.91 Å². The van der Waals surface area contributed by atoms with Gasteiger partial charge in [0.1, 0.15) is 0 Å². The highest BCUT2D eigenvalue weighted by Gasteiger charge is 2.40. The van der Waals surface area contributed by atoms with E-state index in [0.29, 0.717) is 11.5 Å². The fourth-order valence-corrected chi connectivity index (χ4v) is 7.35. The maximum atomic E-state index is 13.1. The fraction of sp³-hybridized carbons (Fsp3) is 0.588. The van der Waals surface area contributed by atoms with Gasteiger partial charge < -0.3 is 5.32 Å². The van der Waals surface area contributed by atoms with Gasteiger partial charge in [-0.1, -0.05) is 6.92 Å². The minimum absolute atomic E-state index is 0.0897. The molecule has 1 amide bonds. The number of hydrogen-bond donors (Lipinski definition) is 2.